The Morgan fingerprint density at radius 3 is 2.59 bits per heavy atom. The van der Waals surface area contributed by atoms with E-state index in [1.807, 2.05) is 6.92 Å². The molecule has 0 aromatic heterocycles. The average molecular weight is 245 g/mol. The summed E-state index contributed by atoms with van der Waals surface area (Å²) in [5.41, 5.74) is 5.61. The van der Waals surface area contributed by atoms with Gasteiger partial charge in [-0.1, -0.05) is 6.92 Å². The molecular weight excluding hydrogens is 226 g/mol. The topological polar surface area (TPSA) is 80.0 Å². The van der Waals surface area contributed by atoms with Crippen LogP contribution < -0.4 is 5.73 Å². The number of nitrogens with two attached hydrogens (primary N) is 1. The molecule has 0 aliphatic carbocycles. The number of fused-ring (bicyclic) bond motifs is 1. The quantitative estimate of drug-likeness (QED) is 0.690. The largest absolute Gasteiger partial charge is 0.465 e. The molecule has 0 saturated carbocycles. The summed E-state index contributed by atoms with van der Waals surface area (Å²) < 4.78 is 21.8. The highest BCUT2D eigenvalue weighted by atomic mass is 16.9. The zero-order valence-corrected chi connectivity index (χ0v) is 10.6. The van der Waals surface area contributed by atoms with Crippen molar-refractivity contribution < 1.29 is 23.7 Å². The lowest BCUT2D eigenvalue weighted by Gasteiger charge is -2.26. The highest BCUT2D eigenvalue weighted by molar-refractivity contribution is 5.79. The Labute approximate surface area is 100 Å². The molecule has 0 aromatic carbocycles. The summed E-state index contributed by atoms with van der Waals surface area (Å²) in [5.74, 6) is -2.94. The van der Waals surface area contributed by atoms with Crippen molar-refractivity contribution in [2.24, 2.45) is 11.7 Å². The Kier molecular flexibility index (Phi) is 2.94. The Hall–Kier alpha value is -0.690. The predicted molar refractivity (Wildman–Crippen MR) is 57.9 cm³/mol. The third kappa shape index (κ3) is 1.76. The molecule has 0 spiro atoms. The van der Waals surface area contributed by atoms with E-state index in [0.29, 0.717) is 6.54 Å². The third-order valence-corrected chi connectivity index (χ3v) is 3.28. The van der Waals surface area contributed by atoms with Gasteiger partial charge in [0.2, 0.25) is 0 Å². The van der Waals surface area contributed by atoms with E-state index in [1.165, 1.54) is 7.11 Å². The normalized spacial score (nSPS) is 43.5. The van der Waals surface area contributed by atoms with E-state index < -0.39 is 23.6 Å². The van der Waals surface area contributed by atoms with Crippen molar-refractivity contribution in [3.63, 3.8) is 0 Å². The van der Waals surface area contributed by atoms with E-state index in [0.717, 1.165) is 0 Å². The number of carbonyl (C=O) groups excluding carboxylic acids is 1. The van der Waals surface area contributed by atoms with Crippen LogP contribution in [0.1, 0.15) is 20.8 Å². The van der Waals surface area contributed by atoms with Crippen LogP contribution in [0.5, 0.6) is 0 Å². The van der Waals surface area contributed by atoms with Gasteiger partial charge in [-0.2, -0.15) is 0 Å². The predicted octanol–water partition coefficient (Wildman–Crippen LogP) is 0.000800. The first kappa shape index (κ1) is 12.8. The fourth-order valence-electron chi connectivity index (χ4n) is 2.51. The first-order chi connectivity index (χ1) is 7.86. The number of rotatable bonds is 2. The zero-order valence-electron chi connectivity index (χ0n) is 10.6. The van der Waals surface area contributed by atoms with Gasteiger partial charge in [0.15, 0.2) is 5.79 Å². The molecule has 6 nitrogen and oxygen atoms in total. The molecule has 0 radical (unpaired) electrons. The standard InChI is InChI=1S/C11H19NO5/c1-6-7(5-12)15-11(9(13)14-4)8(6)16-10(2,3)17-11/h6-8H,5,12H2,1-4H3/t6-,7+,8?,11-/m1/s1. The van der Waals surface area contributed by atoms with Crippen molar-refractivity contribution >= 4 is 5.97 Å². The van der Waals surface area contributed by atoms with Gasteiger partial charge in [-0.3, -0.25) is 0 Å². The summed E-state index contributed by atoms with van der Waals surface area (Å²) in [6.07, 6.45) is -0.756. The van der Waals surface area contributed by atoms with Crippen molar-refractivity contribution in [2.45, 2.75) is 44.6 Å². The Morgan fingerprint density at radius 2 is 2.06 bits per heavy atom. The lowest BCUT2D eigenvalue weighted by atomic mass is 9.96. The van der Waals surface area contributed by atoms with Crippen LogP contribution in [-0.2, 0) is 23.7 Å². The van der Waals surface area contributed by atoms with Gasteiger partial charge in [0, 0.05) is 12.5 Å². The van der Waals surface area contributed by atoms with Gasteiger partial charge in [0.25, 0.3) is 5.79 Å². The monoisotopic (exact) mass is 245 g/mol. The molecule has 0 aromatic rings. The van der Waals surface area contributed by atoms with Gasteiger partial charge in [0.05, 0.1) is 13.2 Å². The highest BCUT2D eigenvalue weighted by Gasteiger charge is 2.68. The van der Waals surface area contributed by atoms with Crippen LogP contribution in [-0.4, -0.2) is 43.4 Å². The highest BCUT2D eigenvalue weighted by Crippen LogP contribution is 2.48. The molecule has 4 atom stereocenters. The zero-order chi connectivity index (χ0) is 12.8. The lowest BCUT2D eigenvalue weighted by molar-refractivity contribution is -0.262. The molecule has 2 fully saturated rings. The van der Waals surface area contributed by atoms with Crippen molar-refractivity contribution in [3.05, 3.63) is 0 Å². The molecule has 1 unspecified atom stereocenters. The van der Waals surface area contributed by atoms with Crippen LogP contribution in [0.3, 0.4) is 0 Å². The third-order valence-electron chi connectivity index (χ3n) is 3.28. The summed E-state index contributed by atoms with van der Waals surface area (Å²) >= 11 is 0. The van der Waals surface area contributed by atoms with Gasteiger partial charge in [-0.15, -0.1) is 0 Å². The Morgan fingerprint density at radius 1 is 1.41 bits per heavy atom. The molecule has 17 heavy (non-hydrogen) atoms. The van der Waals surface area contributed by atoms with Gasteiger partial charge >= 0.3 is 5.97 Å². The second-order valence-corrected chi connectivity index (χ2v) is 4.95. The van der Waals surface area contributed by atoms with Crippen LogP contribution in [0.15, 0.2) is 0 Å². The smallest absolute Gasteiger partial charge is 0.369 e. The second kappa shape index (κ2) is 3.91. The summed E-state index contributed by atoms with van der Waals surface area (Å²) in [4.78, 5) is 11.9. The van der Waals surface area contributed by atoms with Crippen molar-refractivity contribution in [1.29, 1.82) is 0 Å². The summed E-state index contributed by atoms with van der Waals surface area (Å²) in [7, 11) is 1.30. The van der Waals surface area contributed by atoms with Crippen LogP contribution in [0.2, 0.25) is 0 Å². The number of hydrogen-bond donors (Lipinski definition) is 1. The number of carbonyl (C=O) groups is 1. The first-order valence-corrected chi connectivity index (χ1v) is 5.70. The van der Waals surface area contributed by atoms with Crippen molar-refractivity contribution in [1.82, 2.24) is 0 Å². The lowest BCUT2D eigenvalue weighted by Crippen LogP contribution is -2.48. The fraction of sp³-hybridized carbons (Fsp3) is 0.909. The first-order valence-electron chi connectivity index (χ1n) is 5.70. The van der Waals surface area contributed by atoms with E-state index in [4.69, 9.17) is 24.7 Å². The van der Waals surface area contributed by atoms with Crippen LogP contribution in [0.25, 0.3) is 0 Å². The fourth-order valence-corrected chi connectivity index (χ4v) is 2.51. The van der Waals surface area contributed by atoms with Crippen LogP contribution in [0, 0.1) is 5.92 Å². The Balaban J connectivity index is 2.34. The van der Waals surface area contributed by atoms with E-state index in [9.17, 15) is 4.79 Å². The number of ether oxygens (including phenoxy) is 4. The Bertz CT molecular complexity index is 332. The minimum Gasteiger partial charge on any atom is -0.465 e. The second-order valence-electron chi connectivity index (χ2n) is 4.95. The van der Waals surface area contributed by atoms with Gasteiger partial charge in [-0.05, 0) is 13.8 Å². The maximum Gasteiger partial charge on any atom is 0.369 e. The van der Waals surface area contributed by atoms with Gasteiger partial charge in [-0.25, -0.2) is 4.79 Å². The number of methoxy groups -OCH3 is 1. The van der Waals surface area contributed by atoms with Crippen LogP contribution in [0.4, 0.5) is 0 Å². The number of esters is 1. The summed E-state index contributed by atoms with van der Waals surface area (Å²) in [5, 5.41) is 0. The van der Waals surface area contributed by atoms with Crippen molar-refractivity contribution in [3.8, 4) is 0 Å². The molecule has 2 N–H and O–H groups in total. The van der Waals surface area contributed by atoms with Gasteiger partial charge < -0.3 is 24.7 Å². The molecule has 6 heteroatoms. The molecular formula is C11H19NO5. The van der Waals surface area contributed by atoms with Crippen molar-refractivity contribution in [2.75, 3.05) is 13.7 Å². The van der Waals surface area contributed by atoms with E-state index in [1.54, 1.807) is 13.8 Å². The summed E-state index contributed by atoms with van der Waals surface area (Å²) in [6, 6.07) is 0. The minimum absolute atomic E-state index is 0.0270. The van der Waals surface area contributed by atoms with E-state index >= 15 is 0 Å². The molecule has 2 aliphatic heterocycles. The molecule has 2 rings (SSSR count). The maximum absolute atomic E-state index is 11.9. The molecule has 98 valence electrons. The van der Waals surface area contributed by atoms with Crippen LogP contribution >= 0.6 is 0 Å². The minimum atomic E-state index is -1.47. The summed E-state index contributed by atoms with van der Waals surface area (Å²) in [6.45, 7) is 5.72. The average Bonchev–Trinajstić information content (AvgIpc) is 2.68. The van der Waals surface area contributed by atoms with E-state index in [2.05, 4.69) is 0 Å². The molecule has 2 heterocycles. The molecule has 2 aliphatic rings. The molecule has 0 bridgehead atoms. The van der Waals surface area contributed by atoms with E-state index in [-0.39, 0.29) is 12.0 Å². The SMILES string of the molecule is COC(=O)[C@@]12O[C@@H](CN)[C@@H](C)C1OC(C)(C)O2. The molecule has 0 amide bonds. The number of hydrogen-bond acceptors (Lipinski definition) is 6. The maximum atomic E-state index is 11.9. The van der Waals surface area contributed by atoms with Gasteiger partial charge in [0.1, 0.15) is 6.10 Å². The molecule has 2 saturated heterocycles.